The maximum Gasteiger partial charge on any atom is 0.119 e. The van der Waals surface area contributed by atoms with Crippen LogP contribution in [0.5, 0.6) is 5.75 Å². The van der Waals surface area contributed by atoms with Gasteiger partial charge in [-0.15, -0.1) is 11.6 Å². The number of piperidine rings is 1. The molecule has 0 N–H and O–H groups in total. The molecule has 1 aliphatic rings. The quantitative estimate of drug-likeness (QED) is 0.710. The van der Waals surface area contributed by atoms with E-state index in [4.69, 9.17) is 16.3 Å². The fraction of sp³-hybridized carbons (Fsp3) is 0.647. The molecule has 0 spiro atoms. The van der Waals surface area contributed by atoms with Gasteiger partial charge < -0.3 is 4.74 Å². The smallest absolute Gasteiger partial charge is 0.119 e. The van der Waals surface area contributed by atoms with Crippen LogP contribution in [-0.4, -0.2) is 30.6 Å². The van der Waals surface area contributed by atoms with Crippen molar-refractivity contribution >= 4 is 11.6 Å². The topological polar surface area (TPSA) is 12.5 Å². The zero-order chi connectivity index (χ0) is 14.4. The van der Waals surface area contributed by atoms with Gasteiger partial charge in [0.25, 0.3) is 0 Å². The standard InChI is InChI=1S/C17H26ClNO/c1-3-12-20-16-9-7-15(8-10-16)17(18)13-19-11-5-4-6-14(19)2/h7-10,14,17H,3-6,11-13H2,1-2H3. The number of halogens is 1. The molecule has 2 atom stereocenters. The van der Waals surface area contributed by atoms with Gasteiger partial charge in [-0.1, -0.05) is 25.5 Å². The van der Waals surface area contributed by atoms with Crippen LogP contribution < -0.4 is 4.74 Å². The van der Waals surface area contributed by atoms with E-state index in [1.54, 1.807) is 0 Å². The van der Waals surface area contributed by atoms with Crippen molar-refractivity contribution in [3.63, 3.8) is 0 Å². The molecule has 112 valence electrons. The molecule has 0 amide bonds. The van der Waals surface area contributed by atoms with Crippen molar-refractivity contribution < 1.29 is 4.74 Å². The van der Waals surface area contributed by atoms with Crippen LogP contribution >= 0.6 is 11.6 Å². The fourth-order valence-corrected chi connectivity index (χ4v) is 3.06. The number of rotatable bonds is 6. The lowest BCUT2D eigenvalue weighted by molar-refractivity contribution is 0.161. The molecule has 1 fully saturated rings. The van der Waals surface area contributed by atoms with Crippen molar-refractivity contribution in [2.45, 2.75) is 50.9 Å². The minimum Gasteiger partial charge on any atom is -0.494 e. The highest BCUT2D eigenvalue weighted by Crippen LogP contribution is 2.27. The van der Waals surface area contributed by atoms with Crippen molar-refractivity contribution in [2.24, 2.45) is 0 Å². The van der Waals surface area contributed by atoms with E-state index in [2.05, 4.69) is 30.9 Å². The zero-order valence-electron chi connectivity index (χ0n) is 12.6. The number of likely N-dealkylation sites (tertiary alicyclic amines) is 1. The Morgan fingerprint density at radius 3 is 2.70 bits per heavy atom. The number of ether oxygens (including phenoxy) is 1. The monoisotopic (exact) mass is 295 g/mol. The molecule has 3 heteroatoms. The van der Waals surface area contributed by atoms with Crippen LogP contribution in [0, 0.1) is 0 Å². The van der Waals surface area contributed by atoms with Gasteiger partial charge >= 0.3 is 0 Å². The Kier molecular flexibility index (Phi) is 6.18. The van der Waals surface area contributed by atoms with E-state index in [-0.39, 0.29) is 5.38 Å². The molecule has 1 heterocycles. The Morgan fingerprint density at radius 2 is 2.05 bits per heavy atom. The summed E-state index contributed by atoms with van der Waals surface area (Å²) in [5.41, 5.74) is 1.19. The molecule has 20 heavy (non-hydrogen) atoms. The maximum absolute atomic E-state index is 6.58. The van der Waals surface area contributed by atoms with Gasteiger partial charge in [-0.2, -0.15) is 0 Å². The molecule has 1 saturated heterocycles. The van der Waals surface area contributed by atoms with Crippen LogP contribution in [0.2, 0.25) is 0 Å². The first-order chi connectivity index (χ1) is 9.70. The summed E-state index contributed by atoms with van der Waals surface area (Å²) in [6.07, 6.45) is 4.99. The molecule has 1 aromatic carbocycles. The summed E-state index contributed by atoms with van der Waals surface area (Å²) >= 11 is 6.58. The predicted molar refractivity (Wildman–Crippen MR) is 85.7 cm³/mol. The van der Waals surface area contributed by atoms with Crippen molar-refractivity contribution in [3.05, 3.63) is 29.8 Å². The largest absolute Gasteiger partial charge is 0.494 e. The molecule has 2 unspecified atom stereocenters. The SMILES string of the molecule is CCCOc1ccc(C(Cl)CN2CCCCC2C)cc1. The van der Waals surface area contributed by atoms with E-state index in [0.29, 0.717) is 6.04 Å². The first-order valence-electron chi connectivity index (χ1n) is 7.81. The first-order valence-corrected chi connectivity index (χ1v) is 8.25. The number of nitrogens with zero attached hydrogens (tertiary/aromatic N) is 1. The fourth-order valence-electron chi connectivity index (χ4n) is 2.73. The van der Waals surface area contributed by atoms with Crippen molar-refractivity contribution in [1.29, 1.82) is 0 Å². The second kappa shape index (κ2) is 7.90. The second-order valence-electron chi connectivity index (χ2n) is 5.72. The van der Waals surface area contributed by atoms with E-state index in [0.717, 1.165) is 25.3 Å². The summed E-state index contributed by atoms with van der Waals surface area (Å²) < 4.78 is 5.60. The van der Waals surface area contributed by atoms with E-state index in [9.17, 15) is 0 Å². The number of alkyl halides is 1. The molecule has 0 saturated carbocycles. The van der Waals surface area contributed by atoms with E-state index < -0.39 is 0 Å². The molecule has 2 rings (SSSR count). The molecule has 0 bridgehead atoms. The number of benzene rings is 1. The third kappa shape index (κ3) is 4.39. The molecule has 2 nitrogen and oxygen atoms in total. The van der Waals surface area contributed by atoms with Crippen LogP contribution in [0.3, 0.4) is 0 Å². The van der Waals surface area contributed by atoms with Gasteiger partial charge in [0.2, 0.25) is 0 Å². The van der Waals surface area contributed by atoms with Gasteiger partial charge in [0.1, 0.15) is 5.75 Å². The van der Waals surface area contributed by atoms with E-state index in [1.165, 1.54) is 31.4 Å². The third-order valence-electron chi connectivity index (χ3n) is 4.05. The number of hydrogen-bond acceptors (Lipinski definition) is 2. The Morgan fingerprint density at radius 1 is 1.30 bits per heavy atom. The van der Waals surface area contributed by atoms with E-state index >= 15 is 0 Å². The van der Waals surface area contributed by atoms with Gasteiger partial charge in [0.15, 0.2) is 0 Å². The molecule has 1 aliphatic heterocycles. The predicted octanol–water partition coefficient (Wildman–Crippen LogP) is 4.63. The summed E-state index contributed by atoms with van der Waals surface area (Å²) in [6, 6.07) is 8.91. The van der Waals surface area contributed by atoms with Crippen molar-refractivity contribution in [2.75, 3.05) is 19.7 Å². The van der Waals surface area contributed by atoms with Gasteiger partial charge in [0.05, 0.1) is 12.0 Å². The van der Waals surface area contributed by atoms with Crippen LogP contribution in [0.15, 0.2) is 24.3 Å². The van der Waals surface area contributed by atoms with Gasteiger partial charge in [0, 0.05) is 12.6 Å². The summed E-state index contributed by atoms with van der Waals surface area (Å²) in [5, 5.41) is 0.0655. The lowest BCUT2D eigenvalue weighted by Gasteiger charge is -2.34. The van der Waals surface area contributed by atoms with Crippen LogP contribution in [-0.2, 0) is 0 Å². The zero-order valence-corrected chi connectivity index (χ0v) is 13.4. The molecule has 1 aromatic rings. The van der Waals surface area contributed by atoms with Crippen LogP contribution in [0.1, 0.15) is 50.5 Å². The molecule has 0 aromatic heterocycles. The lowest BCUT2D eigenvalue weighted by atomic mass is 10.0. The van der Waals surface area contributed by atoms with Gasteiger partial charge in [-0.3, -0.25) is 4.90 Å². The van der Waals surface area contributed by atoms with Crippen molar-refractivity contribution in [3.8, 4) is 5.75 Å². The molecule has 0 radical (unpaired) electrons. The minimum atomic E-state index is 0.0655. The Bertz CT molecular complexity index is 392. The maximum atomic E-state index is 6.58. The summed E-state index contributed by atoms with van der Waals surface area (Å²) in [6.45, 7) is 7.32. The molecular formula is C17H26ClNO. The number of hydrogen-bond donors (Lipinski definition) is 0. The van der Waals surface area contributed by atoms with Gasteiger partial charge in [-0.25, -0.2) is 0 Å². The van der Waals surface area contributed by atoms with Crippen molar-refractivity contribution in [1.82, 2.24) is 4.90 Å². The highest BCUT2D eigenvalue weighted by Gasteiger charge is 2.21. The van der Waals surface area contributed by atoms with Crippen LogP contribution in [0.4, 0.5) is 0 Å². The average molecular weight is 296 g/mol. The summed E-state index contributed by atoms with van der Waals surface area (Å²) in [7, 11) is 0. The Balaban J connectivity index is 1.89. The third-order valence-corrected chi connectivity index (χ3v) is 4.44. The highest BCUT2D eigenvalue weighted by molar-refractivity contribution is 6.21. The molecule has 0 aliphatic carbocycles. The van der Waals surface area contributed by atoms with E-state index in [1.807, 2.05) is 12.1 Å². The first kappa shape index (κ1) is 15.7. The summed E-state index contributed by atoms with van der Waals surface area (Å²) in [4.78, 5) is 2.52. The molecular weight excluding hydrogens is 270 g/mol. The summed E-state index contributed by atoms with van der Waals surface area (Å²) in [5.74, 6) is 0.936. The normalized spacial score (nSPS) is 21.6. The van der Waals surface area contributed by atoms with Crippen LogP contribution in [0.25, 0.3) is 0 Å². The minimum absolute atomic E-state index is 0.0655. The second-order valence-corrected chi connectivity index (χ2v) is 6.25. The Labute approximate surface area is 128 Å². The van der Waals surface area contributed by atoms with Gasteiger partial charge in [-0.05, 0) is 50.4 Å². The highest BCUT2D eigenvalue weighted by atomic mass is 35.5. The lowest BCUT2D eigenvalue weighted by Crippen LogP contribution is -2.39. The Hall–Kier alpha value is -0.730. The average Bonchev–Trinajstić information content (AvgIpc) is 2.48.